The molecule has 6 nitrogen and oxygen atoms in total. The number of aliphatic hydroxyl groups excluding tert-OH is 2. The number of allylic oxidation sites excluding steroid dienone is 4. The van der Waals surface area contributed by atoms with E-state index in [0.29, 0.717) is 25.9 Å². The minimum Gasteiger partial charge on any atom is -0.466 e. The van der Waals surface area contributed by atoms with Crippen LogP contribution in [0.1, 0.15) is 399 Å². The number of hydrogen-bond donors (Lipinski definition) is 3. The van der Waals surface area contributed by atoms with Gasteiger partial charge in [-0.3, -0.25) is 9.59 Å². The van der Waals surface area contributed by atoms with Crippen LogP contribution < -0.4 is 5.32 Å². The number of carbonyl (C=O) groups is 2. The van der Waals surface area contributed by atoms with Gasteiger partial charge in [-0.2, -0.15) is 0 Å². The first kappa shape index (κ1) is 76.3. The fourth-order valence-electron chi connectivity index (χ4n) is 11.3. The summed E-state index contributed by atoms with van der Waals surface area (Å²) in [6.45, 7) is 4.92. The molecule has 6 heteroatoms. The van der Waals surface area contributed by atoms with Crippen molar-refractivity contribution >= 4 is 11.9 Å². The molecule has 1 amide bonds. The first-order chi connectivity index (χ1) is 38.5. The minimum atomic E-state index is -0.662. The number of aliphatic hydroxyl groups is 2. The second kappa shape index (κ2) is 67.8. The maximum atomic E-state index is 12.5. The van der Waals surface area contributed by atoms with Crippen molar-refractivity contribution in [1.29, 1.82) is 0 Å². The molecule has 0 heterocycles. The summed E-state index contributed by atoms with van der Waals surface area (Å²) in [6, 6.07) is -0.539. The molecule has 0 bridgehead atoms. The number of ether oxygens (including phenoxy) is 1. The van der Waals surface area contributed by atoms with E-state index in [0.717, 1.165) is 51.4 Å². The van der Waals surface area contributed by atoms with Crippen molar-refractivity contribution < 1.29 is 24.5 Å². The molecule has 462 valence electrons. The molecule has 78 heavy (non-hydrogen) atoms. The zero-order chi connectivity index (χ0) is 56.4. The number of esters is 1. The second-order valence-electron chi connectivity index (χ2n) is 24.6. The van der Waals surface area contributed by atoms with Gasteiger partial charge in [-0.15, -0.1) is 0 Å². The van der Waals surface area contributed by atoms with Crippen molar-refractivity contribution in [2.75, 3.05) is 13.2 Å². The van der Waals surface area contributed by atoms with Gasteiger partial charge in [0.1, 0.15) is 0 Å². The van der Waals surface area contributed by atoms with Crippen molar-refractivity contribution in [2.24, 2.45) is 0 Å². The van der Waals surface area contributed by atoms with Crippen LogP contribution in [0.4, 0.5) is 0 Å². The molecule has 0 fully saturated rings. The molecule has 2 unspecified atom stereocenters. The molecular weight excluding hydrogens is 959 g/mol. The lowest BCUT2D eigenvalue weighted by Crippen LogP contribution is -2.45. The second-order valence-corrected chi connectivity index (χ2v) is 24.6. The maximum absolute atomic E-state index is 12.5. The van der Waals surface area contributed by atoms with E-state index in [1.807, 2.05) is 0 Å². The smallest absolute Gasteiger partial charge is 0.305 e. The summed E-state index contributed by atoms with van der Waals surface area (Å²) in [5, 5.41) is 23.4. The predicted octanol–water partition coefficient (Wildman–Crippen LogP) is 22.9. The third-order valence-corrected chi connectivity index (χ3v) is 16.7. The fraction of sp³-hybridized carbons (Fsp3) is 0.917. The largest absolute Gasteiger partial charge is 0.466 e. The van der Waals surface area contributed by atoms with Gasteiger partial charge in [-0.25, -0.2) is 0 Å². The summed E-state index contributed by atoms with van der Waals surface area (Å²) in [5.41, 5.74) is 0. The normalized spacial score (nSPS) is 12.6. The predicted molar refractivity (Wildman–Crippen MR) is 343 cm³/mol. The third kappa shape index (κ3) is 63.5. The highest BCUT2D eigenvalue weighted by Crippen LogP contribution is 2.19. The van der Waals surface area contributed by atoms with E-state index in [9.17, 15) is 19.8 Å². The van der Waals surface area contributed by atoms with Gasteiger partial charge in [-0.1, -0.05) is 359 Å². The average molecular weight is 1100 g/mol. The van der Waals surface area contributed by atoms with Gasteiger partial charge in [-0.05, 0) is 51.4 Å². The lowest BCUT2D eigenvalue weighted by molar-refractivity contribution is -0.143. The van der Waals surface area contributed by atoms with Gasteiger partial charge in [0.05, 0.1) is 25.4 Å². The molecular formula is C72H139NO5. The Hall–Kier alpha value is -1.66. The topological polar surface area (TPSA) is 95.9 Å². The first-order valence-corrected chi connectivity index (χ1v) is 35.6. The quantitative estimate of drug-likeness (QED) is 0.0320. The summed E-state index contributed by atoms with van der Waals surface area (Å²) in [7, 11) is 0. The van der Waals surface area contributed by atoms with E-state index in [-0.39, 0.29) is 18.5 Å². The highest BCUT2D eigenvalue weighted by molar-refractivity contribution is 5.76. The average Bonchev–Trinajstić information content (AvgIpc) is 3.44. The lowest BCUT2D eigenvalue weighted by Gasteiger charge is -2.22. The molecule has 0 aromatic heterocycles. The van der Waals surface area contributed by atoms with Gasteiger partial charge in [0, 0.05) is 12.8 Å². The van der Waals surface area contributed by atoms with Crippen molar-refractivity contribution in [3.05, 3.63) is 24.3 Å². The number of amides is 1. The van der Waals surface area contributed by atoms with Crippen LogP contribution in [0.25, 0.3) is 0 Å². The maximum Gasteiger partial charge on any atom is 0.305 e. The SMILES string of the molecule is CCC/C=C\C/C=C\CCCCCCCC(=O)OCCCCCCCCCCCCCCCCCCCCCCCCCCCCCCCCC(=O)NC(CO)C(O)CCCCCCCCCCCCCCCCCCCC. The number of carbonyl (C=O) groups excluding carboxylic acids is 2. The summed E-state index contributed by atoms with van der Waals surface area (Å²) in [4.78, 5) is 24.6. The molecule has 0 aliphatic rings. The molecule has 0 radical (unpaired) electrons. The highest BCUT2D eigenvalue weighted by Gasteiger charge is 2.20. The van der Waals surface area contributed by atoms with E-state index in [4.69, 9.17) is 4.74 Å². The van der Waals surface area contributed by atoms with Crippen molar-refractivity contribution in [3.63, 3.8) is 0 Å². The number of rotatable bonds is 67. The minimum absolute atomic E-state index is 0.00529. The Morgan fingerprint density at radius 3 is 1.03 bits per heavy atom. The fourth-order valence-corrected chi connectivity index (χ4v) is 11.3. The van der Waals surface area contributed by atoms with Crippen LogP contribution >= 0.6 is 0 Å². The summed E-state index contributed by atoms with van der Waals surface area (Å²) in [6.07, 6.45) is 85.2. The zero-order valence-corrected chi connectivity index (χ0v) is 52.9. The van der Waals surface area contributed by atoms with Crippen molar-refractivity contribution in [1.82, 2.24) is 5.32 Å². The van der Waals surface area contributed by atoms with Crippen LogP contribution in [0.2, 0.25) is 0 Å². The van der Waals surface area contributed by atoms with Gasteiger partial charge in [0.15, 0.2) is 0 Å². The van der Waals surface area contributed by atoms with Crippen LogP contribution in [0, 0.1) is 0 Å². The van der Waals surface area contributed by atoms with Crippen LogP contribution in [0.15, 0.2) is 24.3 Å². The molecule has 0 aliphatic carbocycles. The molecule has 0 aromatic carbocycles. The standard InChI is InChI=1S/C72H139NO5/c1-3-5-7-9-11-13-15-17-18-19-34-37-41-44-48-52-56-60-64-70(75)69(68-74)73-71(76)65-61-57-53-49-45-42-38-35-32-30-28-26-24-22-20-21-23-25-27-29-31-33-36-39-43-47-51-55-59-63-67-78-72(77)66-62-58-54-50-46-40-16-14-12-10-8-6-4-2/h8,10,14,16,69-70,74-75H,3-7,9,11-13,15,17-68H2,1-2H3,(H,73,76)/b10-8-,16-14-. The molecule has 0 rings (SSSR count). The Labute approximate surface area is 488 Å². The zero-order valence-electron chi connectivity index (χ0n) is 52.9. The lowest BCUT2D eigenvalue weighted by atomic mass is 10.0. The Bertz CT molecular complexity index is 1220. The Morgan fingerprint density at radius 1 is 0.359 bits per heavy atom. The molecule has 0 aliphatic heterocycles. The molecule has 3 N–H and O–H groups in total. The summed E-state index contributed by atoms with van der Waals surface area (Å²) >= 11 is 0. The van der Waals surface area contributed by atoms with Crippen molar-refractivity contribution in [2.45, 2.75) is 411 Å². The number of unbranched alkanes of at least 4 members (excludes halogenated alkanes) is 52. The van der Waals surface area contributed by atoms with E-state index in [1.54, 1.807) is 0 Å². The van der Waals surface area contributed by atoms with Crippen LogP contribution in [-0.2, 0) is 14.3 Å². The van der Waals surface area contributed by atoms with Gasteiger partial charge < -0.3 is 20.3 Å². The van der Waals surface area contributed by atoms with Gasteiger partial charge >= 0.3 is 5.97 Å². The van der Waals surface area contributed by atoms with E-state index >= 15 is 0 Å². The highest BCUT2D eigenvalue weighted by atomic mass is 16.5. The third-order valence-electron chi connectivity index (χ3n) is 16.7. The Kier molecular flexibility index (Phi) is 66.4. The first-order valence-electron chi connectivity index (χ1n) is 35.6. The molecule has 2 atom stereocenters. The van der Waals surface area contributed by atoms with E-state index in [2.05, 4.69) is 43.5 Å². The summed E-state index contributed by atoms with van der Waals surface area (Å²) < 4.78 is 5.48. The Balaban J connectivity index is 3.33. The van der Waals surface area contributed by atoms with Crippen LogP contribution in [0.5, 0.6) is 0 Å². The van der Waals surface area contributed by atoms with E-state index in [1.165, 1.54) is 315 Å². The van der Waals surface area contributed by atoms with E-state index < -0.39 is 12.1 Å². The molecule has 0 saturated carbocycles. The Morgan fingerprint density at radius 2 is 0.667 bits per heavy atom. The monoisotopic (exact) mass is 1100 g/mol. The molecule has 0 aromatic rings. The number of hydrogen-bond acceptors (Lipinski definition) is 5. The van der Waals surface area contributed by atoms with Crippen LogP contribution in [-0.4, -0.2) is 47.4 Å². The van der Waals surface area contributed by atoms with Crippen molar-refractivity contribution in [3.8, 4) is 0 Å². The molecule has 0 spiro atoms. The molecule has 0 saturated heterocycles. The van der Waals surface area contributed by atoms with Gasteiger partial charge in [0.25, 0.3) is 0 Å². The van der Waals surface area contributed by atoms with Crippen LogP contribution in [0.3, 0.4) is 0 Å². The number of nitrogens with one attached hydrogen (secondary N) is 1. The summed E-state index contributed by atoms with van der Waals surface area (Å²) in [5.74, 6) is -0.0219. The van der Waals surface area contributed by atoms with Gasteiger partial charge in [0.2, 0.25) is 5.91 Å².